The number of para-hydroxylation sites is 1. The predicted octanol–water partition coefficient (Wildman–Crippen LogP) is 1.75. The maximum absolute atomic E-state index is 5.53. The summed E-state index contributed by atoms with van der Waals surface area (Å²) < 4.78 is 0. The fourth-order valence-electron chi connectivity index (χ4n) is 2.05. The molecule has 1 aromatic carbocycles. The number of aromatic nitrogens is 2. The average molecular weight is 212 g/mol. The molecule has 0 spiro atoms. The molecular weight excluding hydrogens is 200 g/mol. The molecule has 16 heavy (non-hydrogen) atoms. The molecule has 0 radical (unpaired) electrons. The SMILES string of the molecule is Nc1cnc(N2CCc3ccccc32)cn1. The van der Waals surface area contributed by atoms with E-state index < -0.39 is 0 Å². The second-order valence-corrected chi connectivity index (χ2v) is 3.83. The largest absolute Gasteiger partial charge is 0.382 e. The van der Waals surface area contributed by atoms with E-state index in [4.69, 9.17) is 5.73 Å². The molecule has 0 bridgehead atoms. The van der Waals surface area contributed by atoms with Gasteiger partial charge in [-0.2, -0.15) is 0 Å². The first-order valence-electron chi connectivity index (χ1n) is 5.27. The Hall–Kier alpha value is -2.10. The van der Waals surface area contributed by atoms with E-state index in [9.17, 15) is 0 Å². The van der Waals surface area contributed by atoms with Crippen LogP contribution in [0.1, 0.15) is 5.56 Å². The lowest BCUT2D eigenvalue weighted by Crippen LogP contribution is -2.15. The van der Waals surface area contributed by atoms with Crippen LogP contribution >= 0.6 is 0 Å². The number of anilines is 3. The van der Waals surface area contributed by atoms with Crippen molar-refractivity contribution >= 4 is 17.3 Å². The lowest BCUT2D eigenvalue weighted by Gasteiger charge is -2.17. The van der Waals surface area contributed by atoms with Gasteiger partial charge in [0.1, 0.15) is 5.82 Å². The van der Waals surface area contributed by atoms with Crippen LogP contribution in [-0.2, 0) is 6.42 Å². The Bertz CT molecular complexity index is 507. The molecule has 0 saturated carbocycles. The molecular formula is C12H12N4. The predicted molar refractivity (Wildman–Crippen MR) is 63.6 cm³/mol. The molecule has 80 valence electrons. The van der Waals surface area contributed by atoms with Crippen molar-refractivity contribution < 1.29 is 0 Å². The van der Waals surface area contributed by atoms with E-state index in [1.165, 1.54) is 11.3 Å². The van der Waals surface area contributed by atoms with Crippen molar-refractivity contribution in [3.05, 3.63) is 42.2 Å². The third kappa shape index (κ3) is 1.39. The van der Waals surface area contributed by atoms with Crippen molar-refractivity contribution in [2.24, 2.45) is 0 Å². The average Bonchev–Trinajstić information content (AvgIpc) is 2.74. The minimum atomic E-state index is 0.455. The molecule has 0 saturated heterocycles. The van der Waals surface area contributed by atoms with E-state index in [0.29, 0.717) is 5.82 Å². The fraction of sp³-hybridized carbons (Fsp3) is 0.167. The molecule has 1 aliphatic heterocycles. The fourth-order valence-corrected chi connectivity index (χ4v) is 2.05. The minimum Gasteiger partial charge on any atom is -0.382 e. The van der Waals surface area contributed by atoms with Gasteiger partial charge in [0.2, 0.25) is 0 Å². The summed E-state index contributed by atoms with van der Waals surface area (Å²) in [5.74, 6) is 1.32. The lowest BCUT2D eigenvalue weighted by molar-refractivity contribution is 0.965. The van der Waals surface area contributed by atoms with E-state index in [0.717, 1.165) is 18.8 Å². The highest BCUT2D eigenvalue weighted by molar-refractivity contribution is 5.67. The van der Waals surface area contributed by atoms with Crippen LogP contribution in [0.15, 0.2) is 36.7 Å². The van der Waals surface area contributed by atoms with Gasteiger partial charge in [-0.05, 0) is 18.1 Å². The Morgan fingerprint density at radius 2 is 2.00 bits per heavy atom. The number of hydrogen-bond acceptors (Lipinski definition) is 4. The Kier molecular flexibility index (Phi) is 1.99. The molecule has 2 N–H and O–H groups in total. The third-order valence-electron chi connectivity index (χ3n) is 2.82. The summed E-state index contributed by atoms with van der Waals surface area (Å²) in [5, 5.41) is 0. The van der Waals surface area contributed by atoms with Gasteiger partial charge in [-0.25, -0.2) is 9.97 Å². The molecule has 0 atom stereocenters. The van der Waals surface area contributed by atoms with Crippen LogP contribution in [0.4, 0.5) is 17.3 Å². The Balaban J connectivity index is 2.01. The van der Waals surface area contributed by atoms with Crippen molar-refractivity contribution in [3.8, 4) is 0 Å². The number of hydrogen-bond donors (Lipinski definition) is 1. The van der Waals surface area contributed by atoms with Crippen LogP contribution in [0.2, 0.25) is 0 Å². The lowest BCUT2D eigenvalue weighted by atomic mass is 10.2. The number of fused-ring (bicyclic) bond motifs is 1. The van der Waals surface area contributed by atoms with Gasteiger partial charge in [-0.1, -0.05) is 18.2 Å². The second kappa shape index (κ2) is 3.48. The number of benzene rings is 1. The summed E-state index contributed by atoms with van der Waals surface area (Å²) in [6.07, 6.45) is 4.37. The van der Waals surface area contributed by atoms with Gasteiger partial charge < -0.3 is 10.6 Å². The standard InChI is InChI=1S/C12H12N4/c13-11-7-15-12(8-14-11)16-6-5-9-3-1-2-4-10(9)16/h1-4,7-8H,5-6H2,(H2,13,14). The molecule has 4 nitrogen and oxygen atoms in total. The van der Waals surface area contributed by atoms with Crippen LogP contribution in [0.25, 0.3) is 0 Å². The molecule has 0 aliphatic carbocycles. The van der Waals surface area contributed by atoms with E-state index in [-0.39, 0.29) is 0 Å². The normalized spacial score (nSPS) is 13.9. The summed E-state index contributed by atoms with van der Waals surface area (Å²) in [4.78, 5) is 10.5. The molecule has 0 fully saturated rings. The van der Waals surface area contributed by atoms with Gasteiger partial charge in [0.05, 0.1) is 12.4 Å². The number of nitrogens with zero attached hydrogens (tertiary/aromatic N) is 3. The highest BCUT2D eigenvalue weighted by Crippen LogP contribution is 2.32. The van der Waals surface area contributed by atoms with Gasteiger partial charge in [0.15, 0.2) is 5.82 Å². The highest BCUT2D eigenvalue weighted by atomic mass is 15.2. The van der Waals surface area contributed by atoms with Crippen LogP contribution < -0.4 is 10.6 Å². The first-order chi connectivity index (χ1) is 7.84. The van der Waals surface area contributed by atoms with E-state index in [2.05, 4.69) is 33.1 Å². The number of nitrogens with two attached hydrogens (primary N) is 1. The Labute approximate surface area is 93.8 Å². The van der Waals surface area contributed by atoms with Gasteiger partial charge >= 0.3 is 0 Å². The molecule has 3 rings (SSSR count). The molecule has 0 unspecified atom stereocenters. The molecule has 1 aromatic heterocycles. The highest BCUT2D eigenvalue weighted by Gasteiger charge is 2.20. The van der Waals surface area contributed by atoms with Crippen molar-refractivity contribution in [1.82, 2.24) is 9.97 Å². The smallest absolute Gasteiger partial charge is 0.151 e. The van der Waals surface area contributed by atoms with Crippen LogP contribution in [0.5, 0.6) is 0 Å². The molecule has 2 heterocycles. The number of rotatable bonds is 1. The summed E-state index contributed by atoms with van der Waals surface area (Å²) in [6, 6.07) is 8.37. The first kappa shape index (κ1) is 9.15. The van der Waals surface area contributed by atoms with Gasteiger partial charge in [-0.3, -0.25) is 0 Å². The third-order valence-corrected chi connectivity index (χ3v) is 2.82. The summed E-state index contributed by atoms with van der Waals surface area (Å²) in [6.45, 7) is 0.956. The van der Waals surface area contributed by atoms with Gasteiger partial charge in [0, 0.05) is 12.2 Å². The number of nitrogen functional groups attached to an aromatic ring is 1. The maximum Gasteiger partial charge on any atom is 0.151 e. The zero-order valence-electron chi connectivity index (χ0n) is 8.80. The molecule has 0 amide bonds. The molecule has 4 heteroatoms. The second-order valence-electron chi connectivity index (χ2n) is 3.83. The maximum atomic E-state index is 5.53. The van der Waals surface area contributed by atoms with Crippen molar-refractivity contribution in [2.45, 2.75) is 6.42 Å². The Morgan fingerprint density at radius 1 is 1.12 bits per heavy atom. The minimum absolute atomic E-state index is 0.455. The zero-order valence-corrected chi connectivity index (χ0v) is 8.80. The van der Waals surface area contributed by atoms with Crippen molar-refractivity contribution in [3.63, 3.8) is 0 Å². The van der Waals surface area contributed by atoms with E-state index in [1.807, 2.05) is 6.07 Å². The van der Waals surface area contributed by atoms with Crippen molar-refractivity contribution in [1.29, 1.82) is 0 Å². The van der Waals surface area contributed by atoms with Gasteiger partial charge in [-0.15, -0.1) is 0 Å². The van der Waals surface area contributed by atoms with E-state index in [1.54, 1.807) is 12.4 Å². The first-order valence-corrected chi connectivity index (χ1v) is 5.27. The monoisotopic (exact) mass is 212 g/mol. The quantitative estimate of drug-likeness (QED) is 0.782. The van der Waals surface area contributed by atoms with Crippen LogP contribution in [0.3, 0.4) is 0 Å². The Morgan fingerprint density at radius 3 is 2.81 bits per heavy atom. The van der Waals surface area contributed by atoms with Crippen LogP contribution in [-0.4, -0.2) is 16.5 Å². The summed E-state index contributed by atoms with van der Waals surface area (Å²) in [5.41, 5.74) is 8.11. The molecule has 1 aliphatic rings. The molecule has 2 aromatic rings. The summed E-state index contributed by atoms with van der Waals surface area (Å²) >= 11 is 0. The van der Waals surface area contributed by atoms with Crippen LogP contribution in [0, 0.1) is 0 Å². The topological polar surface area (TPSA) is 55.0 Å². The zero-order chi connectivity index (χ0) is 11.0. The van der Waals surface area contributed by atoms with Crippen molar-refractivity contribution in [2.75, 3.05) is 17.2 Å². The van der Waals surface area contributed by atoms with E-state index >= 15 is 0 Å². The van der Waals surface area contributed by atoms with Gasteiger partial charge in [0.25, 0.3) is 0 Å². The summed E-state index contributed by atoms with van der Waals surface area (Å²) in [7, 11) is 0.